The van der Waals surface area contributed by atoms with Crippen molar-refractivity contribution < 1.29 is 13.9 Å². The number of hydrogen-bond acceptors (Lipinski definition) is 4. The van der Waals surface area contributed by atoms with Crippen LogP contribution in [0.1, 0.15) is 0 Å². The lowest BCUT2D eigenvalue weighted by atomic mass is 10.2. The molecule has 0 aliphatic carbocycles. The zero-order valence-corrected chi connectivity index (χ0v) is 11.3. The zero-order chi connectivity index (χ0) is 13.5. The van der Waals surface area contributed by atoms with Crippen molar-refractivity contribution in [3.05, 3.63) is 30.1 Å². The number of nitrogens with zero attached hydrogens (tertiary/aromatic N) is 1. The van der Waals surface area contributed by atoms with E-state index in [4.69, 9.17) is 9.47 Å². The normalized spacial score (nSPS) is 20.4. The van der Waals surface area contributed by atoms with Gasteiger partial charge < -0.3 is 14.8 Å². The number of nitrogens with one attached hydrogen (secondary N) is 1. The van der Waals surface area contributed by atoms with Crippen LogP contribution in [0.2, 0.25) is 0 Å². The molecule has 0 amide bonds. The van der Waals surface area contributed by atoms with Gasteiger partial charge in [0, 0.05) is 26.2 Å². The molecular weight excluding hydrogens is 247 g/mol. The Hall–Kier alpha value is -1.17. The number of morpholine rings is 1. The van der Waals surface area contributed by atoms with Gasteiger partial charge in [0.25, 0.3) is 0 Å². The summed E-state index contributed by atoms with van der Waals surface area (Å²) in [6.45, 7) is 4.97. The lowest BCUT2D eigenvalue weighted by molar-refractivity contribution is -0.0291. The molecule has 1 saturated heterocycles. The zero-order valence-electron chi connectivity index (χ0n) is 11.3. The van der Waals surface area contributed by atoms with Crippen molar-refractivity contribution in [1.29, 1.82) is 0 Å². The summed E-state index contributed by atoms with van der Waals surface area (Å²) >= 11 is 0. The van der Waals surface area contributed by atoms with Crippen LogP contribution in [-0.2, 0) is 4.74 Å². The molecular formula is C14H21FN2O2. The minimum absolute atomic E-state index is 0.240. The maximum absolute atomic E-state index is 12.7. The number of likely N-dealkylation sites (N-methyl/N-ethyl adjacent to an activating group) is 1. The first kappa shape index (κ1) is 14.2. The van der Waals surface area contributed by atoms with Crippen LogP contribution in [0.25, 0.3) is 0 Å². The van der Waals surface area contributed by atoms with Crippen LogP contribution < -0.4 is 10.1 Å². The number of benzene rings is 1. The van der Waals surface area contributed by atoms with Gasteiger partial charge in [0.05, 0.1) is 12.7 Å². The molecule has 1 aromatic carbocycles. The summed E-state index contributed by atoms with van der Waals surface area (Å²) in [6, 6.07) is 6.12. The summed E-state index contributed by atoms with van der Waals surface area (Å²) in [5.41, 5.74) is 0. The first-order valence-corrected chi connectivity index (χ1v) is 6.65. The Kier molecular flexibility index (Phi) is 5.57. The number of rotatable bonds is 6. The molecule has 1 aliphatic heterocycles. The van der Waals surface area contributed by atoms with Gasteiger partial charge in [-0.1, -0.05) is 0 Å². The predicted molar refractivity (Wildman–Crippen MR) is 72.0 cm³/mol. The SMILES string of the molecule is CNCC1CN(CCOc2ccc(F)cc2)CCO1. The summed E-state index contributed by atoms with van der Waals surface area (Å²) in [7, 11) is 1.93. The van der Waals surface area contributed by atoms with Gasteiger partial charge >= 0.3 is 0 Å². The van der Waals surface area contributed by atoms with E-state index < -0.39 is 0 Å². The minimum Gasteiger partial charge on any atom is -0.492 e. The van der Waals surface area contributed by atoms with Crippen molar-refractivity contribution in [1.82, 2.24) is 10.2 Å². The molecule has 0 spiro atoms. The van der Waals surface area contributed by atoms with Gasteiger partial charge in [0.15, 0.2) is 0 Å². The monoisotopic (exact) mass is 268 g/mol. The third kappa shape index (κ3) is 4.78. The Labute approximate surface area is 113 Å². The smallest absolute Gasteiger partial charge is 0.123 e. The molecule has 1 aromatic rings. The van der Waals surface area contributed by atoms with Crippen LogP contribution in [0, 0.1) is 5.82 Å². The molecule has 1 heterocycles. The molecule has 106 valence electrons. The molecule has 2 rings (SSSR count). The second-order valence-corrected chi connectivity index (χ2v) is 4.65. The van der Waals surface area contributed by atoms with Crippen molar-refractivity contribution in [2.45, 2.75) is 6.10 Å². The fourth-order valence-electron chi connectivity index (χ4n) is 2.16. The van der Waals surface area contributed by atoms with E-state index in [-0.39, 0.29) is 11.9 Å². The Morgan fingerprint density at radius 1 is 1.42 bits per heavy atom. The Morgan fingerprint density at radius 2 is 2.21 bits per heavy atom. The van der Waals surface area contributed by atoms with Crippen molar-refractivity contribution in [2.24, 2.45) is 0 Å². The predicted octanol–water partition coefficient (Wildman–Crippen LogP) is 1.12. The van der Waals surface area contributed by atoms with Gasteiger partial charge in [-0.3, -0.25) is 4.90 Å². The van der Waals surface area contributed by atoms with E-state index in [1.807, 2.05) is 7.05 Å². The summed E-state index contributed by atoms with van der Waals surface area (Å²) in [4.78, 5) is 2.33. The van der Waals surface area contributed by atoms with E-state index in [1.54, 1.807) is 12.1 Å². The van der Waals surface area contributed by atoms with E-state index in [1.165, 1.54) is 12.1 Å². The van der Waals surface area contributed by atoms with Crippen LogP contribution in [0.15, 0.2) is 24.3 Å². The van der Waals surface area contributed by atoms with Crippen LogP contribution >= 0.6 is 0 Å². The first-order valence-electron chi connectivity index (χ1n) is 6.65. The Morgan fingerprint density at radius 3 is 2.95 bits per heavy atom. The maximum atomic E-state index is 12.7. The molecule has 4 nitrogen and oxygen atoms in total. The lowest BCUT2D eigenvalue weighted by Crippen LogP contribution is -2.47. The van der Waals surface area contributed by atoms with Crippen molar-refractivity contribution in [3.63, 3.8) is 0 Å². The van der Waals surface area contributed by atoms with Gasteiger partial charge in [-0.15, -0.1) is 0 Å². The average Bonchev–Trinajstić information content (AvgIpc) is 2.42. The molecule has 0 saturated carbocycles. The molecule has 19 heavy (non-hydrogen) atoms. The summed E-state index contributed by atoms with van der Waals surface area (Å²) in [5, 5.41) is 3.13. The van der Waals surface area contributed by atoms with Crippen LogP contribution in [0.3, 0.4) is 0 Å². The first-order chi connectivity index (χ1) is 9.28. The molecule has 1 N–H and O–H groups in total. The van der Waals surface area contributed by atoms with E-state index >= 15 is 0 Å². The van der Waals surface area contributed by atoms with E-state index in [0.717, 1.165) is 32.8 Å². The van der Waals surface area contributed by atoms with Gasteiger partial charge in [-0.25, -0.2) is 4.39 Å². The number of hydrogen-bond donors (Lipinski definition) is 1. The maximum Gasteiger partial charge on any atom is 0.123 e. The van der Waals surface area contributed by atoms with Crippen molar-refractivity contribution in [2.75, 3.05) is 46.4 Å². The van der Waals surface area contributed by atoms with E-state index in [9.17, 15) is 4.39 Å². The molecule has 0 radical (unpaired) electrons. The second-order valence-electron chi connectivity index (χ2n) is 4.65. The van der Waals surface area contributed by atoms with Crippen molar-refractivity contribution in [3.8, 4) is 5.75 Å². The summed E-state index contributed by atoms with van der Waals surface area (Å²) < 4.78 is 24.0. The number of ether oxygens (including phenoxy) is 2. The topological polar surface area (TPSA) is 33.7 Å². The second kappa shape index (κ2) is 7.43. The van der Waals surface area contributed by atoms with Gasteiger partial charge in [0.2, 0.25) is 0 Å². The largest absolute Gasteiger partial charge is 0.492 e. The van der Waals surface area contributed by atoms with Crippen LogP contribution in [0.5, 0.6) is 5.75 Å². The highest BCUT2D eigenvalue weighted by atomic mass is 19.1. The highest BCUT2D eigenvalue weighted by Gasteiger charge is 2.19. The number of halogens is 1. The molecule has 1 aliphatic rings. The Bertz CT molecular complexity index is 370. The summed E-state index contributed by atoms with van der Waals surface area (Å²) in [6.07, 6.45) is 0.254. The fourth-order valence-corrected chi connectivity index (χ4v) is 2.16. The standard InChI is InChI=1S/C14H21FN2O2/c1-16-10-14-11-17(7-9-19-14)6-8-18-13-4-2-12(15)3-5-13/h2-5,14,16H,6-11H2,1H3. The molecule has 0 aromatic heterocycles. The molecule has 0 bridgehead atoms. The Balaban J connectivity index is 1.69. The van der Waals surface area contributed by atoms with Crippen LogP contribution in [-0.4, -0.2) is 57.4 Å². The van der Waals surface area contributed by atoms with Gasteiger partial charge in [-0.05, 0) is 31.3 Å². The van der Waals surface area contributed by atoms with E-state index in [2.05, 4.69) is 10.2 Å². The quantitative estimate of drug-likeness (QED) is 0.838. The highest BCUT2D eigenvalue weighted by molar-refractivity contribution is 5.21. The summed E-state index contributed by atoms with van der Waals surface area (Å²) in [5.74, 6) is 0.469. The molecule has 5 heteroatoms. The third-order valence-electron chi connectivity index (χ3n) is 3.14. The van der Waals surface area contributed by atoms with Gasteiger partial charge in [-0.2, -0.15) is 0 Å². The van der Waals surface area contributed by atoms with E-state index in [0.29, 0.717) is 12.4 Å². The molecule has 1 unspecified atom stereocenters. The van der Waals surface area contributed by atoms with Crippen LogP contribution in [0.4, 0.5) is 4.39 Å². The minimum atomic E-state index is -0.240. The lowest BCUT2D eigenvalue weighted by Gasteiger charge is -2.32. The van der Waals surface area contributed by atoms with Gasteiger partial charge in [0.1, 0.15) is 18.2 Å². The molecule has 1 atom stereocenters. The molecule has 1 fully saturated rings. The van der Waals surface area contributed by atoms with Crippen molar-refractivity contribution >= 4 is 0 Å². The highest BCUT2D eigenvalue weighted by Crippen LogP contribution is 2.11. The third-order valence-corrected chi connectivity index (χ3v) is 3.14. The average molecular weight is 268 g/mol. The fraction of sp³-hybridized carbons (Fsp3) is 0.571.